The van der Waals surface area contributed by atoms with Crippen molar-refractivity contribution in [3.05, 3.63) is 45.1 Å². The summed E-state index contributed by atoms with van der Waals surface area (Å²) in [4.78, 5) is 36.9. The zero-order valence-corrected chi connectivity index (χ0v) is 9.80. The van der Waals surface area contributed by atoms with Crippen LogP contribution >= 0.6 is 0 Å². The molecule has 0 radical (unpaired) electrons. The predicted molar refractivity (Wildman–Crippen MR) is 65.5 cm³/mol. The summed E-state index contributed by atoms with van der Waals surface area (Å²) in [6, 6.07) is 6.60. The summed E-state index contributed by atoms with van der Waals surface area (Å²) < 4.78 is 5.98. The lowest BCUT2D eigenvalue weighted by Gasteiger charge is -2.08. The van der Waals surface area contributed by atoms with Gasteiger partial charge in [-0.15, -0.1) is 0 Å². The first-order chi connectivity index (χ1) is 8.63. The number of ether oxygens (including phenoxy) is 1. The average Bonchev–Trinajstić information content (AvgIpc) is 2.35. The van der Waals surface area contributed by atoms with Gasteiger partial charge in [0, 0.05) is 0 Å². The van der Waals surface area contributed by atoms with E-state index in [1.807, 2.05) is 0 Å². The number of aromatic nitrogens is 2. The summed E-state index contributed by atoms with van der Waals surface area (Å²) in [7, 11) is 0. The Labute approximate surface area is 102 Å². The van der Waals surface area contributed by atoms with Crippen molar-refractivity contribution in [3.63, 3.8) is 0 Å². The van der Waals surface area contributed by atoms with Crippen LogP contribution in [0.3, 0.4) is 0 Å². The van der Waals surface area contributed by atoms with E-state index in [2.05, 4.69) is 4.98 Å². The van der Waals surface area contributed by atoms with Crippen LogP contribution in [0.15, 0.2) is 33.9 Å². The number of fused-ring (bicyclic) bond motifs is 1. The van der Waals surface area contributed by atoms with Crippen LogP contribution in [0.1, 0.15) is 6.92 Å². The lowest BCUT2D eigenvalue weighted by molar-refractivity contribution is -0.143. The van der Waals surface area contributed by atoms with E-state index in [0.29, 0.717) is 10.9 Å². The topological polar surface area (TPSA) is 81.2 Å². The Morgan fingerprint density at radius 1 is 1.33 bits per heavy atom. The molecule has 0 saturated carbocycles. The second-order valence-electron chi connectivity index (χ2n) is 3.67. The van der Waals surface area contributed by atoms with E-state index in [1.54, 1.807) is 31.2 Å². The Hall–Kier alpha value is -2.37. The minimum absolute atomic E-state index is 0.218. The second-order valence-corrected chi connectivity index (χ2v) is 3.67. The van der Waals surface area contributed by atoms with Gasteiger partial charge in [-0.1, -0.05) is 12.1 Å². The van der Waals surface area contributed by atoms with Gasteiger partial charge in [0.1, 0.15) is 6.54 Å². The van der Waals surface area contributed by atoms with Gasteiger partial charge in [-0.3, -0.25) is 19.1 Å². The molecule has 0 atom stereocenters. The van der Waals surface area contributed by atoms with Crippen molar-refractivity contribution in [1.29, 1.82) is 0 Å². The summed E-state index contributed by atoms with van der Waals surface area (Å²) in [5.41, 5.74) is -0.665. The largest absolute Gasteiger partial charge is 0.465 e. The molecule has 0 aliphatic carbocycles. The van der Waals surface area contributed by atoms with Gasteiger partial charge in [-0.2, -0.15) is 0 Å². The Bertz CT molecular complexity index is 699. The third-order valence-electron chi connectivity index (χ3n) is 2.50. The highest BCUT2D eigenvalue weighted by atomic mass is 16.5. The fraction of sp³-hybridized carbons (Fsp3) is 0.250. The first-order valence-electron chi connectivity index (χ1n) is 5.51. The first-order valence-corrected chi connectivity index (χ1v) is 5.51. The SMILES string of the molecule is CCOC(=O)Cn1c(=O)[nH]c(=O)c2ccccc21. The lowest BCUT2D eigenvalue weighted by atomic mass is 10.2. The molecule has 1 aromatic heterocycles. The van der Waals surface area contributed by atoms with E-state index in [4.69, 9.17) is 4.74 Å². The van der Waals surface area contributed by atoms with Crippen molar-refractivity contribution < 1.29 is 9.53 Å². The number of nitrogens with zero attached hydrogens (tertiary/aromatic N) is 1. The highest BCUT2D eigenvalue weighted by Crippen LogP contribution is 2.06. The van der Waals surface area contributed by atoms with Crippen molar-refractivity contribution in [1.82, 2.24) is 9.55 Å². The Kier molecular flexibility index (Phi) is 3.27. The Balaban J connectivity index is 2.60. The molecule has 94 valence electrons. The summed E-state index contributed by atoms with van der Waals surface area (Å²) in [6.45, 7) is 1.71. The Morgan fingerprint density at radius 3 is 2.78 bits per heavy atom. The number of esters is 1. The minimum Gasteiger partial charge on any atom is -0.465 e. The van der Waals surface area contributed by atoms with Crippen LogP contribution in [0.2, 0.25) is 0 Å². The first kappa shape index (κ1) is 12.1. The van der Waals surface area contributed by atoms with Crippen LogP contribution in [-0.4, -0.2) is 22.1 Å². The number of hydrogen-bond acceptors (Lipinski definition) is 4. The number of benzene rings is 1. The smallest absolute Gasteiger partial charge is 0.329 e. The van der Waals surface area contributed by atoms with Crippen LogP contribution in [0.4, 0.5) is 0 Å². The molecule has 0 aliphatic heterocycles. The van der Waals surface area contributed by atoms with Crippen LogP contribution < -0.4 is 11.2 Å². The van der Waals surface area contributed by atoms with Gasteiger partial charge in [0.25, 0.3) is 5.56 Å². The molecule has 1 heterocycles. The number of nitrogens with one attached hydrogen (secondary N) is 1. The fourth-order valence-corrected chi connectivity index (χ4v) is 1.74. The molecule has 2 aromatic rings. The van der Waals surface area contributed by atoms with Gasteiger partial charge in [0.15, 0.2) is 0 Å². The maximum absolute atomic E-state index is 11.7. The summed E-state index contributed by atoms with van der Waals surface area (Å²) in [6.07, 6.45) is 0. The number of H-pyrrole nitrogens is 1. The molecule has 1 aromatic carbocycles. The van der Waals surface area contributed by atoms with E-state index in [0.717, 1.165) is 0 Å². The van der Waals surface area contributed by atoms with E-state index in [9.17, 15) is 14.4 Å². The molecule has 1 N–H and O–H groups in total. The van der Waals surface area contributed by atoms with Crippen molar-refractivity contribution >= 4 is 16.9 Å². The normalized spacial score (nSPS) is 10.5. The second kappa shape index (κ2) is 4.87. The quantitative estimate of drug-likeness (QED) is 0.789. The van der Waals surface area contributed by atoms with E-state index in [-0.39, 0.29) is 13.2 Å². The number of aromatic amines is 1. The van der Waals surface area contributed by atoms with Crippen molar-refractivity contribution in [2.45, 2.75) is 13.5 Å². The number of carbonyl (C=O) groups is 1. The van der Waals surface area contributed by atoms with Crippen LogP contribution in [0, 0.1) is 0 Å². The fourth-order valence-electron chi connectivity index (χ4n) is 1.74. The zero-order valence-electron chi connectivity index (χ0n) is 9.80. The molecule has 0 bridgehead atoms. The van der Waals surface area contributed by atoms with Gasteiger partial charge in [-0.05, 0) is 19.1 Å². The number of rotatable bonds is 3. The molecule has 0 fully saturated rings. The van der Waals surface area contributed by atoms with Crippen LogP contribution in [0.25, 0.3) is 10.9 Å². The third-order valence-corrected chi connectivity index (χ3v) is 2.50. The van der Waals surface area contributed by atoms with E-state index >= 15 is 0 Å². The minimum atomic E-state index is -0.619. The molecular formula is C12H12N2O4. The molecule has 6 heteroatoms. The maximum atomic E-state index is 11.7. The Morgan fingerprint density at radius 2 is 2.06 bits per heavy atom. The number of hydrogen-bond donors (Lipinski definition) is 1. The maximum Gasteiger partial charge on any atom is 0.329 e. The third kappa shape index (κ3) is 2.17. The monoisotopic (exact) mass is 248 g/mol. The lowest BCUT2D eigenvalue weighted by Crippen LogP contribution is -2.32. The van der Waals surface area contributed by atoms with Gasteiger partial charge in [0.05, 0.1) is 17.5 Å². The molecule has 0 unspecified atom stereocenters. The van der Waals surface area contributed by atoms with Gasteiger partial charge < -0.3 is 4.74 Å². The average molecular weight is 248 g/mol. The molecular weight excluding hydrogens is 236 g/mol. The summed E-state index contributed by atoms with van der Waals surface area (Å²) in [5.74, 6) is -0.517. The molecule has 0 spiro atoms. The molecule has 2 rings (SSSR count). The highest BCUT2D eigenvalue weighted by Gasteiger charge is 2.10. The van der Waals surface area contributed by atoms with Gasteiger partial charge in [0.2, 0.25) is 0 Å². The standard InChI is InChI=1S/C12H12N2O4/c1-2-18-10(15)7-14-9-6-4-3-5-8(9)11(16)13-12(14)17/h3-6H,2,7H2,1H3,(H,13,16,17). The molecule has 0 amide bonds. The van der Waals surface area contributed by atoms with Crippen molar-refractivity contribution in [2.24, 2.45) is 0 Å². The summed E-state index contributed by atoms with van der Waals surface area (Å²) in [5, 5.41) is 0.362. The van der Waals surface area contributed by atoms with Crippen molar-refractivity contribution in [2.75, 3.05) is 6.61 Å². The van der Waals surface area contributed by atoms with Crippen LogP contribution in [-0.2, 0) is 16.1 Å². The molecule has 6 nitrogen and oxygen atoms in total. The molecule has 0 aliphatic rings. The zero-order chi connectivity index (χ0) is 13.1. The summed E-state index contributed by atoms with van der Waals surface area (Å²) >= 11 is 0. The van der Waals surface area contributed by atoms with Crippen LogP contribution in [0.5, 0.6) is 0 Å². The molecule has 18 heavy (non-hydrogen) atoms. The highest BCUT2D eigenvalue weighted by molar-refractivity contribution is 5.79. The van der Waals surface area contributed by atoms with Gasteiger partial charge in [-0.25, -0.2) is 4.79 Å². The molecule has 0 saturated heterocycles. The number of carbonyl (C=O) groups excluding carboxylic acids is 1. The van der Waals surface area contributed by atoms with Crippen molar-refractivity contribution in [3.8, 4) is 0 Å². The van der Waals surface area contributed by atoms with E-state index < -0.39 is 17.2 Å². The predicted octanol–water partition coefficient (Wildman–Crippen LogP) is 0.253. The van der Waals surface area contributed by atoms with E-state index in [1.165, 1.54) is 4.57 Å². The number of para-hydroxylation sites is 1. The van der Waals surface area contributed by atoms with Gasteiger partial charge >= 0.3 is 11.7 Å².